The Morgan fingerprint density at radius 3 is 1.14 bits per heavy atom. The zero-order chi connectivity index (χ0) is 56.3. The molecule has 3 atom stereocenters. The Balaban J connectivity index is 4.07. The van der Waals surface area contributed by atoms with E-state index in [-0.39, 0.29) is 19.1 Å². The van der Waals surface area contributed by atoms with Crippen LogP contribution in [0.4, 0.5) is 0 Å². The molecule has 0 aromatic carbocycles. The molecule has 0 aliphatic rings. The van der Waals surface area contributed by atoms with Crippen LogP contribution in [-0.2, 0) is 18.4 Å². The summed E-state index contributed by atoms with van der Waals surface area (Å²) in [7, 11) is 1.61. The van der Waals surface area contributed by atoms with E-state index in [9.17, 15) is 19.4 Å². The van der Waals surface area contributed by atoms with Crippen LogP contribution in [-0.4, -0.2) is 73.4 Å². The minimum atomic E-state index is -4.33. The number of hydrogen-bond donors (Lipinski definition) is 3. The van der Waals surface area contributed by atoms with Gasteiger partial charge in [0.05, 0.1) is 39.9 Å². The van der Waals surface area contributed by atoms with Gasteiger partial charge in [-0.15, -0.1) is 0 Å². The SMILES string of the molecule is CC/C=C\C/C=C\C/C=C\C/C=C\C/C=C\C/C=C\C/C=C\C/C=C\C/C=C\CCCCCCCCCCCCCC(=O)NC(COP(=O)(O)OCC[N+](C)(C)C)C(O)CCCCCCCCCCCCCCCCCC. The number of nitrogens with one attached hydrogen (secondary N) is 1. The lowest BCUT2D eigenvalue weighted by atomic mass is 10.0. The number of carbonyl (C=O) groups excluding carboxylic acids is 1. The zero-order valence-electron chi connectivity index (χ0n) is 50.7. The van der Waals surface area contributed by atoms with Crippen LogP contribution in [0.1, 0.15) is 264 Å². The van der Waals surface area contributed by atoms with E-state index >= 15 is 0 Å². The number of allylic oxidation sites excluding steroid dienone is 18. The van der Waals surface area contributed by atoms with Crippen molar-refractivity contribution in [3.8, 4) is 0 Å². The van der Waals surface area contributed by atoms with Gasteiger partial charge in [0.1, 0.15) is 13.2 Å². The standard InChI is InChI=1S/C68H121N2O6P/c1-6-8-10-12-14-16-18-20-22-24-25-26-27-28-29-30-31-32-33-34-35-36-37-38-39-40-41-42-43-44-45-46-48-50-52-54-56-58-60-62-68(72)69-66(65-76-77(73,74)75-64-63-70(3,4)5)67(71)61-59-57-55-53-51-49-47-23-21-19-17-15-13-11-9-7-2/h8,10,14,16,20,22,25-26,28-29,31-32,34-35,37-38,40-41,66-67,71H,6-7,9,11-13,15,17-19,21,23-24,27,30,33,36,39,42-65H2,1-5H3,(H-,69,72,73,74)/p+1/b10-8-,16-14-,22-20-,26-25-,29-28-,32-31-,35-34-,38-37-,41-40-. The molecule has 0 saturated heterocycles. The first-order valence-corrected chi connectivity index (χ1v) is 33.2. The molecule has 3 unspecified atom stereocenters. The third-order valence-corrected chi connectivity index (χ3v) is 14.8. The van der Waals surface area contributed by atoms with Crippen LogP contribution < -0.4 is 5.32 Å². The highest BCUT2D eigenvalue weighted by atomic mass is 31.2. The van der Waals surface area contributed by atoms with Crippen molar-refractivity contribution >= 4 is 13.7 Å². The topological polar surface area (TPSA) is 105 Å². The van der Waals surface area contributed by atoms with E-state index in [1.165, 1.54) is 141 Å². The van der Waals surface area contributed by atoms with Crippen molar-refractivity contribution in [3.05, 3.63) is 109 Å². The first-order chi connectivity index (χ1) is 37.5. The van der Waals surface area contributed by atoms with E-state index in [0.717, 1.165) is 96.3 Å². The Morgan fingerprint density at radius 2 is 0.779 bits per heavy atom. The van der Waals surface area contributed by atoms with Crippen LogP contribution >= 0.6 is 7.82 Å². The molecule has 77 heavy (non-hydrogen) atoms. The van der Waals surface area contributed by atoms with Gasteiger partial charge in [0.2, 0.25) is 5.91 Å². The number of aliphatic hydroxyl groups excluding tert-OH is 1. The predicted octanol–water partition coefficient (Wildman–Crippen LogP) is 19.9. The molecule has 0 fully saturated rings. The van der Waals surface area contributed by atoms with E-state index < -0.39 is 20.0 Å². The normalized spacial score (nSPS) is 14.5. The monoisotopic (exact) mass is 1090 g/mol. The van der Waals surface area contributed by atoms with Crippen LogP contribution in [0.2, 0.25) is 0 Å². The van der Waals surface area contributed by atoms with Gasteiger partial charge in [0.15, 0.2) is 0 Å². The van der Waals surface area contributed by atoms with Crippen LogP contribution in [0, 0.1) is 0 Å². The summed E-state index contributed by atoms with van der Waals surface area (Å²) in [5.74, 6) is -0.150. The molecule has 444 valence electrons. The van der Waals surface area contributed by atoms with Crippen molar-refractivity contribution in [2.24, 2.45) is 0 Å². The number of phosphoric acid groups is 1. The molecule has 0 radical (unpaired) electrons. The summed E-state index contributed by atoms with van der Waals surface area (Å²) in [4.78, 5) is 23.4. The molecule has 9 heteroatoms. The fourth-order valence-corrected chi connectivity index (χ4v) is 9.60. The van der Waals surface area contributed by atoms with Gasteiger partial charge >= 0.3 is 7.82 Å². The third-order valence-electron chi connectivity index (χ3n) is 13.8. The number of aliphatic hydroxyl groups is 1. The maximum absolute atomic E-state index is 13.0. The summed E-state index contributed by atoms with van der Waals surface area (Å²) in [6, 6.07) is -0.769. The molecule has 0 bridgehead atoms. The summed E-state index contributed by atoms with van der Waals surface area (Å²) in [6.45, 7) is 4.78. The second-order valence-electron chi connectivity index (χ2n) is 22.4. The summed E-state index contributed by atoms with van der Waals surface area (Å²) in [5.41, 5.74) is 0. The van der Waals surface area contributed by atoms with E-state index in [4.69, 9.17) is 9.05 Å². The van der Waals surface area contributed by atoms with Crippen molar-refractivity contribution in [2.45, 2.75) is 276 Å². The summed E-state index contributed by atoms with van der Waals surface area (Å²) in [6.07, 6.45) is 84.4. The number of amides is 1. The highest BCUT2D eigenvalue weighted by molar-refractivity contribution is 7.47. The smallest absolute Gasteiger partial charge is 0.391 e. The molecule has 0 aromatic rings. The Hall–Kier alpha value is -2.84. The van der Waals surface area contributed by atoms with Crippen LogP contribution in [0.25, 0.3) is 0 Å². The molecule has 1 amide bonds. The van der Waals surface area contributed by atoms with E-state index in [0.29, 0.717) is 23.9 Å². The molecule has 8 nitrogen and oxygen atoms in total. The molecule has 0 rings (SSSR count). The maximum Gasteiger partial charge on any atom is 0.472 e. The van der Waals surface area contributed by atoms with Gasteiger partial charge in [-0.25, -0.2) is 4.57 Å². The third kappa shape index (κ3) is 60.6. The highest BCUT2D eigenvalue weighted by Crippen LogP contribution is 2.43. The van der Waals surface area contributed by atoms with Gasteiger partial charge in [-0.1, -0.05) is 284 Å². The molecule has 0 heterocycles. The van der Waals surface area contributed by atoms with E-state index in [2.05, 4.69) is 129 Å². The minimum Gasteiger partial charge on any atom is -0.391 e. The minimum absolute atomic E-state index is 0.0703. The first kappa shape index (κ1) is 74.2. The molecule has 0 aliphatic heterocycles. The Kier molecular flexibility index (Phi) is 55.7. The van der Waals surface area contributed by atoms with Crippen LogP contribution in [0.3, 0.4) is 0 Å². The number of phosphoric ester groups is 1. The number of likely N-dealkylation sites (N-methyl/N-ethyl adjacent to an activating group) is 1. The van der Waals surface area contributed by atoms with Crippen molar-refractivity contribution in [3.63, 3.8) is 0 Å². The average molecular weight is 1090 g/mol. The fraction of sp³-hybridized carbons (Fsp3) is 0.721. The zero-order valence-corrected chi connectivity index (χ0v) is 51.6. The van der Waals surface area contributed by atoms with Gasteiger partial charge in [-0.2, -0.15) is 0 Å². The number of quaternary nitrogens is 1. The lowest BCUT2D eigenvalue weighted by molar-refractivity contribution is -0.870. The highest BCUT2D eigenvalue weighted by Gasteiger charge is 2.28. The quantitative estimate of drug-likeness (QED) is 0.0243. The average Bonchev–Trinajstić information content (AvgIpc) is 3.39. The summed E-state index contributed by atoms with van der Waals surface area (Å²) >= 11 is 0. The molecular weight excluding hydrogens is 972 g/mol. The lowest BCUT2D eigenvalue weighted by Crippen LogP contribution is -2.46. The predicted molar refractivity (Wildman–Crippen MR) is 336 cm³/mol. The Bertz CT molecular complexity index is 1620. The van der Waals surface area contributed by atoms with Crippen molar-refractivity contribution in [1.82, 2.24) is 5.32 Å². The van der Waals surface area contributed by atoms with Crippen molar-refractivity contribution in [2.75, 3.05) is 40.9 Å². The molecular formula is C68H122N2O6P+. The number of rotatable bonds is 57. The molecule has 3 N–H and O–H groups in total. The van der Waals surface area contributed by atoms with E-state index in [1.807, 2.05) is 21.1 Å². The van der Waals surface area contributed by atoms with Crippen LogP contribution in [0.15, 0.2) is 109 Å². The summed E-state index contributed by atoms with van der Waals surface area (Å²) < 4.78 is 23.8. The van der Waals surface area contributed by atoms with Gasteiger partial charge in [-0.3, -0.25) is 13.8 Å². The largest absolute Gasteiger partial charge is 0.472 e. The van der Waals surface area contributed by atoms with E-state index in [1.54, 1.807) is 0 Å². The van der Waals surface area contributed by atoms with Crippen molar-refractivity contribution < 1.29 is 32.9 Å². The first-order valence-electron chi connectivity index (χ1n) is 31.8. The van der Waals surface area contributed by atoms with Gasteiger partial charge < -0.3 is 19.8 Å². The summed E-state index contributed by atoms with van der Waals surface area (Å²) in [5, 5.41) is 14.1. The number of nitrogens with zero attached hydrogens (tertiary/aromatic N) is 1. The van der Waals surface area contributed by atoms with Crippen molar-refractivity contribution in [1.29, 1.82) is 0 Å². The second-order valence-corrected chi connectivity index (χ2v) is 23.9. The second kappa shape index (κ2) is 57.8. The molecule has 0 spiro atoms. The molecule has 0 aliphatic carbocycles. The lowest BCUT2D eigenvalue weighted by Gasteiger charge is -2.26. The fourth-order valence-electron chi connectivity index (χ4n) is 8.86. The number of unbranched alkanes of at least 4 members (excludes halogenated alkanes) is 26. The van der Waals surface area contributed by atoms with Gasteiger partial charge in [-0.05, 0) is 83.5 Å². The number of carbonyl (C=O) groups is 1. The maximum atomic E-state index is 13.0. The molecule has 0 aromatic heterocycles. The van der Waals surface area contributed by atoms with Gasteiger partial charge in [0, 0.05) is 6.42 Å². The van der Waals surface area contributed by atoms with Crippen LogP contribution in [0.5, 0.6) is 0 Å². The Labute approximate surface area is 476 Å². The number of hydrogen-bond acceptors (Lipinski definition) is 5. The molecule has 0 saturated carbocycles. The van der Waals surface area contributed by atoms with Gasteiger partial charge in [0.25, 0.3) is 0 Å². The Morgan fingerprint density at radius 1 is 0.455 bits per heavy atom.